The van der Waals surface area contributed by atoms with Crippen LogP contribution in [0, 0.1) is 6.92 Å². The summed E-state index contributed by atoms with van der Waals surface area (Å²) in [6.45, 7) is 6.42. The fourth-order valence-corrected chi connectivity index (χ4v) is 5.05. The summed E-state index contributed by atoms with van der Waals surface area (Å²) in [5.74, 6) is 0. The average Bonchev–Trinajstić information content (AvgIpc) is 2.97. The molecule has 2 aromatic heterocycles. The molecule has 4 aromatic rings. The second-order valence-corrected chi connectivity index (χ2v) is 9.68. The number of hydrogen-bond acceptors (Lipinski definition) is 5. The first kappa shape index (κ1) is 24.3. The fourth-order valence-electron chi connectivity index (χ4n) is 5.05. The van der Waals surface area contributed by atoms with Crippen molar-refractivity contribution in [3.8, 4) is 0 Å². The molecule has 0 fully saturated rings. The summed E-state index contributed by atoms with van der Waals surface area (Å²) in [5, 5.41) is 0. The van der Waals surface area contributed by atoms with Crippen LogP contribution in [0.2, 0.25) is 0 Å². The van der Waals surface area contributed by atoms with Crippen LogP contribution in [0.15, 0.2) is 133 Å². The van der Waals surface area contributed by atoms with Crippen molar-refractivity contribution in [3.05, 3.63) is 150 Å². The van der Waals surface area contributed by atoms with Gasteiger partial charge in [-0.2, -0.15) is 0 Å². The molecule has 1 unspecified atom stereocenters. The van der Waals surface area contributed by atoms with Gasteiger partial charge in [-0.05, 0) is 96.5 Å². The number of aromatic nitrogens is 2. The summed E-state index contributed by atoms with van der Waals surface area (Å²) in [7, 11) is 2.10. The van der Waals surface area contributed by atoms with Crippen molar-refractivity contribution in [3.63, 3.8) is 0 Å². The van der Waals surface area contributed by atoms with Crippen molar-refractivity contribution in [1.82, 2.24) is 14.9 Å². The Bertz CT molecular complexity index is 1630. The Balaban J connectivity index is 1.41. The number of fused-ring (bicyclic) bond motifs is 1. The number of aryl methyl sites for hydroxylation is 1. The van der Waals surface area contributed by atoms with Crippen molar-refractivity contribution in [2.45, 2.75) is 13.0 Å². The lowest BCUT2D eigenvalue weighted by atomic mass is 9.94. The number of likely N-dealkylation sites (N-methyl/N-ethyl adjacent to an activating group) is 1. The third kappa shape index (κ3) is 4.82. The zero-order valence-electron chi connectivity index (χ0n) is 22.1. The van der Waals surface area contributed by atoms with Crippen LogP contribution < -0.4 is 4.90 Å². The Labute approximate surface area is 229 Å². The molecule has 190 valence electrons. The lowest BCUT2D eigenvalue weighted by molar-refractivity contribution is 0.404. The second kappa shape index (κ2) is 10.4. The first-order valence-electron chi connectivity index (χ1n) is 13.0. The van der Waals surface area contributed by atoms with E-state index in [4.69, 9.17) is 0 Å². The maximum Gasteiger partial charge on any atom is 0.0903 e. The van der Waals surface area contributed by atoms with E-state index in [1.807, 2.05) is 61.1 Å². The van der Waals surface area contributed by atoms with Gasteiger partial charge < -0.3 is 9.80 Å². The summed E-state index contributed by atoms with van der Waals surface area (Å²) in [5.41, 5.74) is 10.2. The van der Waals surface area contributed by atoms with E-state index in [-0.39, 0.29) is 6.04 Å². The lowest BCUT2D eigenvalue weighted by Crippen LogP contribution is -2.26. The molecule has 0 saturated carbocycles. The number of rotatable bonds is 4. The van der Waals surface area contributed by atoms with Crippen molar-refractivity contribution < 1.29 is 0 Å². The molecule has 4 heterocycles. The van der Waals surface area contributed by atoms with E-state index >= 15 is 0 Å². The maximum absolute atomic E-state index is 4.67. The van der Waals surface area contributed by atoms with Crippen molar-refractivity contribution in [1.29, 1.82) is 0 Å². The predicted molar refractivity (Wildman–Crippen MR) is 161 cm³/mol. The predicted octanol–water partition coefficient (Wildman–Crippen LogP) is 7.82. The number of pyridine rings is 2. The Hall–Kier alpha value is -5.03. The summed E-state index contributed by atoms with van der Waals surface area (Å²) in [6.07, 6.45) is 13.9. The highest BCUT2D eigenvalue weighted by Crippen LogP contribution is 2.40. The van der Waals surface area contributed by atoms with E-state index in [1.165, 1.54) is 5.56 Å². The van der Waals surface area contributed by atoms with Gasteiger partial charge in [0.2, 0.25) is 0 Å². The van der Waals surface area contributed by atoms with Gasteiger partial charge in [-0.25, -0.2) is 0 Å². The molecule has 0 N–H and O–H groups in total. The topological polar surface area (TPSA) is 44.6 Å². The molecule has 39 heavy (non-hydrogen) atoms. The summed E-state index contributed by atoms with van der Waals surface area (Å²) in [4.78, 5) is 18.4. The number of hydrogen-bond donors (Lipinski definition) is 0. The molecule has 0 spiro atoms. The number of aliphatic imine (C=N–C) groups is 1. The van der Waals surface area contributed by atoms with Gasteiger partial charge in [0, 0.05) is 37.0 Å². The molecule has 0 saturated heterocycles. The molecular formula is C34H29N5. The molecule has 5 heteroatoms. The fraction of sp³-hybridized carbons (Fsp3) is 0.0882. The zero-order valence-corrected chi connectivity index (χ0v) is 22.1. The molecule has 0 radical (unpaired) electrons. The Morgan fingerprint density at radius 2 is 1.67 bits per heavy atom. The van der Waals surface area contributed by atoms with Gasteiger partial charge in [0.15, 0.2) is 0 Å². The minimum atomic E-state index is -0.0184. The highest BCUT2D eigenvalue weighted by molar-refractivity contribution is 5.88. The smallest absolute Gasteiger partial charge is 0.0903 e. The largest absolute Gasteiger partial charge is 0.361 e. The second-order valence-electron chi connectivity index (χ2n) is 9.68. The van der Waals surface area contributed by atoms with Gasteiger partial charge in [0.25, 0.3) is 0 Å². The van der Waals surface area contributed by atoms with Crippen LogP contribution in [0.5, 0.6) is 0 Å². The molecule has 2 aliphatic rings. The van der Waals surface area contributed by atoms with E-state index in [0.717, 1.165) is 51.0 Å². The molecule has 6 rings (SSSR count). The minimum Gasteiger partial charge on any atom is -0.361 e. The van der Waals surface area contributed by atoms with E-state index in [2.05, 4.69) is 106 Å². The highest BCUT2D eigenvalue weighted by Gasteiger charge is 2.25. The third-order valence-corrected chi connectivity index (χ3v) is 7.05. The SMILES string of the molecule is C=C1/C=C\C=Nc2cc(C)ccc2N1c1ccc(C2=CC(c3ccccn3)N(C)C(c3ccccn3)=C2)cc1. The molecule has 5 nitrogen and oxygen atoms in total. The lowest BCUT2D eigenvalue weighted by Gasteiger charge is -2.33. The van der Waals surface area contributed by atoms with Gasteiger partial charge >= 0.3 is 0 Å². The summed E-state index contributed by atoms with van der Waals surface area (Å²) >= 11 is 0. The van der Waals surface area contributed by atoms with Crippen molar-refractivity contribution in [2.75, 3.05) is 11.9 Å². The highest BCUT2D eigenvalue weighted by atomic mass is 15.2. The van der Waals surface area contributed by atoms with Crippen LogP contribution >= 0.6 is 0 Å². The molecule has 2 aromatic carbocycles. The van der Waals surface area contributed by atoms with Gasteiger partial charge in [0.1, 0.15) is 0 Å². The van der Waals surface area contributed by atoms with Crippen LogP contribution in [0.25, 0.3) is 11.3 Å². The first-order chi connectivity index (χ1) is 19.1. The van der Waals surface area contributed by atoms with Crippen LogP contribution in [-0.4, -0.2) is 28.1 Å². The Kier molecular flexibility index (Phi) is 6.47. The van der Waals surface area contributed by atoms with Crippen LogP contribution in [0.1, 0.15) is 28.6 Å². The monoisotopic (exact) mass is 507 g/mol. The number of benzene rings is 2. The van der Waals surface area contributed by atoms with Crippen molar-refractivity contribution >= 4 is 34.5 Å². The van der Waals surface area contributed by atoms with Crippen LogP contribution in [0.3, 0.4) is 0 Å². The molecule has 2 aliphatic heterocycles. The number of anilines is 2. The van der Waals surface area contributed by atoms with Crippen LogP contribution in [0.4, 0.5) is 17.1 Å². The Morgan fingerprint density at radius 3 is 2.41 bits per heavy atom. The standard InChI is InChI=1S/C34H29N5/c1-24-12-17-32-31(21-24)37-20-8-9-25(2)39(32)28-15-13-26(14-16-28)27-22-33(29-10-4-6-18-35-29)38(3)34(23-27)30-11-5-7-19-36-30/h4-23,33H,2H2,1,3H3/b9-8-,37-20?. The summed E-state index contributed by atoms with van der Waals surface area (Å²) < 4.78 is 0. The Morgan fingerprint density at radius 1 is 0.872 bits per heavy atom. The van der Waals surface area contributed by atoms with E-state index < -0.39 is 0 Å². The van der Waals surface area contributed by atoms with Gasteiger partial charge in [-0.15, -0.1) is 0 Å². The normalized spacial score (nSPS) is 17.6. The summed E-state index contributed by atoms with van der Waals surface area (Å²) in [6, 6.07) is 27.0. The molecule has 0 amide bonds. The average molecular weight is 508 g/mol. The van der Waals surface area contributed by atoms with E-state index in [0.29, 0.717) is 0 Å². The quantitative estimate of drug-likeness (QED) is 0.282. The first-order valence-corrected chi connectivity index (χ1v) is 13.0. The van der Waals surface area contributed by atoms with Gasteiger partial charge in [0.05, 0.1) is 34.5 Å². The number of allylic oxidation sites excluding steroid dienone is 4. The van der Waals surface area contributed by atoms with Crippen LogP contribution in [-0.2, 0) is 0 Å². The van der Waals surface area contributed by atoms with Gasteiger partial charge in [-0.1, -0.05) is 36.9 Å². The minimum absolute atomic E-state index is 0.0184. The van der Waals surface area contributed by atoms with E-state index in [1.54, 1.807) is 0 Å². The van der Waals surface area contributed by atoms with E-state index in [9.17, 15) is 0 Å². The molecule has 1 atom stereocenters. The molecule has 0 aliphatic carbocycles. The van der Waals surface area contributed by atoms with Gasteiger partial charge in [-0.3, -0.25) is 15.0 Å². The maximum atomic E-state index is 4.67. The molecule has 0 bridgehead atoms. The zero-order chi connectivity index (χ0) is 26.8. The van der Waals surface area contributed by atoms with Crippen molar-refractivity contribution in [2.24, 2.45) is 4.99 Å². The number of nitrogens with zero attached hydrogens (tertiary/aromatic N) is 5. The molecular weight excluding hydrogens is 478 g/mol. The third-order valence-electron chi connectivity index (χ3n) is 7.05.